The highest BCUT2D eigenvalue weighted by atomic mass is 16.6. The van der Waals surface area contributed by atoms with Crippen molar-refractivity contribution in [2.45, 2.75) is 85.0 Å². The van der Waals surface area contributed by atoms with Crippen molar-refractivity contribution in [1.29, 1.82) is 0 Å². The van der Waals surface area contributed by atoms with E-state index in [0.29, 0.717) is 17.3 Å². The summed E-state index contributed by atoms with van der Waals surface area (Å²) in [6.07, 6.45) is 11.7. The second-order valence-corrected chi connectivity index (χ2v) is 11.8. The normalized spacial score (nSPS) is 13.2. The van der Waals surface area contributed by atoms with Crippen LogP contribution in [0.5, 0.6) is 0 Å². The highest BCUT2D eigenvalue weighted by Gasteiger charge is 2.28. The average molecular weight is 719 g/mol. The molecule has 278 valence electrons. The zero-order chi connectivity index (χ0) is 38.3. The quantitative estimate of drug-likeness (QED) is 0.107. The van der Waals surface area contributed by atoms with Gasteiger partial charge < -0.3 is 14.2 Å². The molecule has 0 amide bonds. The molecule has 4 aromatic heterocycles. The van der Waals surface area contributed by atoms with E-state index < -0.39 is 12.2 Å². The Hall–Kier alpha value is -5.77. The molecule has 1 aliphatic carbocycles. The number of nitrogens with zero attached hydrogens (tertiary/aromatic N) is 4. The van der Waals surface area contributed by atoms with E-state index in [1.54, 1.807) is 24.8 Å². The molecule has 6 rings (SSSR count). The molecule has 1 saturated carbocycles. The van der Waals surface area contributed by atoms with Gasteiger partial charge in [0.2, 0.25) is 0 Å². The van der Waals surface area contributed by atoms with E-state index in [1.165, 1.54) is 40.0 Å². The van der Waals surface area contributed by atoms with Gasteiger partial charge in [-0.2, -0.15) is 0 Å². The van der Waals surface area contributed by atoms with Crippen LogP contribution in [0.4, 0.5) is 0 Å². The Kier molecular flexibility index (Phi) is 18.6. The van der Waals surface area contributed by atoms with Crippen LogP contribution in [0, 0.1) is 5.92 Å². The summed E-state index contributed by atoms with van der Waals surface area (Å²) in [4.78, 5) is 50.4. The molecule has 4 heterocycles. The molecule has 0 spiro atoms. The first-order chi connectivity index (χ1) is 25.8. The van der Waals surface area contributed by atoms with Gasteiger partial charge in [-0.15, -0.1) is 0 Å². The Bertz CT molecular complexity index is 1570. The molecular weight excluding hydrogens is 668 g/mol. The van der Waals surface area contributed by atoms with Crippen LogP contribution in [-0.4, -0.2) is 37.8 Å². The fourth-order valence-corrected chi connectivity index (χ4v) is 5.68. The van der Waals surface area contributed by atoms with Gasteiger partial charge in [0.25, 0.3) is 0 Å². The van der Waals surface area contributed by atoms with Crippen molar-refractivity contribution in [3.8, 4) is 0 Å². The molecule has 0 radical (unpaired) electrons. The molecule has 53 heavy (non-hydrogen) atoms. The minimum atomic E-state index is -0.546. The Balaban J connectivity index is 0.000000209. The molecule has 0 N–H and O–H groups in total. The molecule has 1 fully saturated rings. The summed E-state index contributed by atoms with van der Waals surface area (Å²) in [6.45, 7) is 8.25. The van der Waals surface area contributed by atoms with Crippen LogP contribution >= 0.6 is 0 Å². The summed E-state index contributed by atoms with van der Waals surface area (Å²) in [7, 11) is 0. The predicted octanol–water partition coefficient (Wildman–Crippen LogP) is 9.16. The van der Waals surface area contributed by atoms with Gasteiger partial charge in [-0.3, -0.25) is 34.3 Å². The minimum absolute atomic E-state index is 0.158. The van der Waals surface area contributed by atoms with Crippen molar-refractivity contribution in [2.24, 2.45) is 5.92 Å². The maximum Gasteiger partial charge on any atom is 0.303 e. The number of hydrogen-bond acceptors (Lipinski definition) is 10. The molecule has 5 aromatic rings. The van der Waals surface area contributed by atoms with E-state index in [0.717, 1.165) is 29.8 Å². The van der Waals surface area contributed by atoms with Gasteiger partial charge in [0.15, 0.2) is 12.2 Å². The van der Waals surface area contributed by atoms with Crippen LogP contribution < -0.4 is 0 Å². The van der Waals surface area contributed by atoms with Crippen LogP contribution in [-0.2, 0) is 28.6 Å². The SMILES string of the molecule is CC.CC(=O)OC(c1ccccc1)c1ccccn1.CC(=O)OC(c1ccccn1)C1CCCCC1.CC(=O)OC(c1ccccn1)c1ccccn1. The van der Waals surface area contributed by atoms with Crippen LogP contribution in [0.15, 0.2) is 128 Å². The molecule has 0 bridgehead atoms. The van der Waals surface area contributed by atoms with Gasteiger partial charge in [-0.1, -0.05) is 87.7 Å². The third kappa shape index (κ3) is 14.8. The first kappa shape index (κ1) is 41.6. The van der Waals surface area contributed by atoms with Crippen molar-refractivity contribution < 1.29 is 28.6 Å². The maximum absolute atomic E-state index is 11.2. The number of pyridine rings is 4. The second kappa shape index (κ2) is 23.7. The van der Waals surface area contributed by atoms with Crippen LogP contribution in [0.3, 0.4) is 0 Å². The van der Waals surface area contributed by atoms with Crippen molar-refractivity contribution in [3.05, 3.63) is 156 Å². The van der Waals surface area contributed by atoms with Gasteiger partial charge >= 0.3 is 17.9 Å². The largest absolute Gasteiger partial charge is 0.456 e. The van der Waals surface area contributed by atoms with Gasteiger partial charge in [-0.25, -0.2) is 0 Å². The number of esters is 3. The number of benzene rings is 1. The van der Waals surface area contributed by atoms with Gasteiger partial charge in [0, 0.05) is 51.5 Å². The fourth-order valence-electron chi connectivity index (χ4n) is 5.68. The van der Waals surface area contributed by atoms with E-state index in [1.807, 2.05) is 117 Å². The number of carbonyl (C=O) groups excluding carboxylic acids is 3. The molecule has 2 atom stereocenters. The molecule has 1 aromatic carbocycles. The maximum atomic E-state index is 11.2. The molecule has 10 nitrogen and oxygen atoms in total. The smallest absolute Gasteiger partial charge is 0.303 e. The summed E-state index contributed by atoms with van der Waals surface area (Å²) in [5.41, 5.74) is 3.87. The lowest BCUT2D eigenvalue weighted by Gasteiger charge is -2.29. The summed E-state index contributed by atoms with van der Waals surface area (Å²) < 4.78 is 16.1. The second-order valence-electron chi connectivity index (χ2n) is 11.8. The lowest BCUT2D eigenvalue weighted by molar-refractivity contribution is -0.150. The molecule has 2 unspecified atom stereocenters. The Labute approximate surface area is 313 Å². The van der Waals surface area contributed by atoms with Gasteiger partial charge in [0.05, 0.1) is 22.8 Å². The zero-order valence-electron chi connectivity index (χ0n) is 31.2. The average Bonchev–Trinajstić information content (AvgIpc) is 3.21. The summed E-state index contributed by atoms with van der Waals surface area (Å²) in [6, 6.07) is 31.9. The van der Waals surface area contributed by atoms with E-state index in [2.05, 4.69) is 19.9 Å². The van der Waals surface area contributed by atoms with Gasteiger partial charge in [-0.05, 0) is 66.9 Å². The van der Waals surface area contributed by atoms with E-state index >= 15 is 0 Å². The van der Waals surface area contributed by atoms with E-state index in [9.17, 15) is 14.4 Å². The summed E-state index contributed by atoms with van der Waals surface area (Å²) >= 11 is 0. The fraction of sp³-hybridized carbons (Fsp3) is 0.326. The number of hydrogen-bond donors (Lipinski definition) is 0. The molecule has 0 saturated heterocycles. The first-order valence-corrected chi connectivity index (χ1v) is 18.0. The summed E-state index contributed by atoms with van der Waals surface area (Å²) in [5.74, 6) is -0.454. The molecular formula is C43H50N4O6. The monoisotopic (exact) mass is 718 g/mol. The molecule has 0 aliphatic heterocycles. The number of aromatic nitrogens is 4. The standard InChI is InChI=1S/C14H19NO2.C14H13NO2.C13H12N2O2.C2H6/c2*1-11(16)17-14(12-7-3-2-4-8-12)13-9-5-6-10-15-13;1-10(16)17-13(11-6-2-4-8-14-11)12-7-3-5-9-15-12;1-2/h5-6,9-10,12,14H,2-4,7-8H2,1H3;2-10,14H,1H3;2-9,13H,1H3;1-2H3. The van der Waals surface area contributed by atoms with Crippen LogP contribution in [0.2, 0.25) is 0 Å². The van der Waals surface area contributed by atoms with Crippen molar-refractivity contribution in [2.75, 3.05) is 0 Å². The van der Waals surface area contributed by atoms with Crippen LogP contribution in [0.1, 0.15) is 113 Å². The lowest BCUT2D eigenvalue weighted by Crippen LogP contribution is -2.21. The van der Waals surface area contributed by atoms with E-state index in [-0.39, 0.29) is 24.0 Å². The lowest BCUT2D eigenvalue weighted by atomic mass is 9.84. The number of ether oxygens (including phenoxy) is 3. The minimum Gasteiger partial charge on any atom is -0.456 e. The summed E-state index contributed by atoms with van der Waals surface area (Å²) in [5, 5.41) is 0. The predicted molar refractivity (Wildman–Crippen MR) is 203 cm³/mol. The number of rotatable bonds is 9. The third-order valence-electron chi connectivity index (χ3n) is 7.89. The van der Waals surface area contributed by atoms with Gasteiger partial charge in [0.1, 0.15) is 6.10 Å². The van der Waals surface area contributed by atoms with Crippen molar-refractivity contribution >= 4 is 17.9 Å². The third-order valence-corrected chi connectivity index (χ3v) is 7.89. The Morgan fingerprint density at radius 2 is 0.868 bits per heavy atom. The highest BCUT2D eigenvalue weighted by Crippen LogP contribution is 2.36. The highest BCUT2D eigenvalue weighted by molar-refractivity contribution is 5.67. The van der Waals surface area contributed by atoms with Crippen molar-refractivity contribution in [1.82, 2.24) is 19.9 Å². The first-order valence-electron chi connectivity index (χ1n) is 18.0. The van der Waals surface area contributed by atoms with Crippen LogP contribution in [0.25, 0.3) is 0 Å². The number of carbonyl (C=O) groups is 3. The Morgan fingerprint density at radius 3 is 1.26 bits per heavy atom. The zero-order valence-corrected chi connectivity index (χ0v) is 31.2. The molecule has 10 heteroatoms. The Morgan fingerprint density at radius 1 is 0.491 bits per heavy atom. The van der Waals surface area contributed by atoms with Crippen molar-refractivity contribution in [3.63, 3.8) is 0 Å². The van der Waals surface area contributed by atoms with E-state index in [4.69, 9.17) is 14.2 Å². The topological polar surface area (TPSA) is 130 Å². The molecule has 1 aliphatic rings.